The molecule has 122 valence electrons. The number of pyridine rings is 1. The molecule has 2 rings (SSSR count). The van der Waals surface area contributed by atoms with Crippen LogP contribution < -0.4 is 10.6 Å². The van der Waals surface area contributed by atoms with E-state index in [9.17, 15) is 4.79 Å². The quantitative estimate of drug-likeness (QED) is 0.729. The molecule has 0 fully saturated rings. The van der Waals surface area contributed by atoms with Gasteiger partial charge in [-0.15, -0.1) is 0 Å². The second-order valence-electron chi connectivity index (χ2n) is 4.99. The molecule has 0 saturated carbocycles. The van der Waals surface area contributed by atoms with Crippen molar-refractivity contribution in [1.82, 2.24) is 10.3 Å². The molecule has 0 bridgehead atoms. The molecule has 2 N–H and O–H groups in total. The van der Waals surface area contributed by atoms with E-state index in [1.165, 1.54) is 5.56 Å². The predicted molar refractivity (Wildman–Crippen MR) is 92.1 cm³/mol. The van der Waals surface area contributed by atoms with E-state index < -0.39 is 0 Å². The van der Waals surface area contributed by atoms with Gasteiger partial charge >= 0.3 is 0 Å². The van der Waals surface area contributed by atoms with Crippen molar-refractivity contribution in [1.29, 1.82) is 0 Å². The van der Waals surface area contributed by atoms with Crippen molar-refractivity contribution in [2.75, 3.05) is 32.1 Å². The molecule has 0 aliphatic rings. The SMILES string of the molecule is COCCNC(=O)c1ccc(NCCc2cccc(Cl)c2)nc1. The van der Waals surface area contributed by atoms with E-state index in [4.69, 9.17) is 16.3 Å². The van der Waals surface area contributed by atoms with Crippen molar-refractivity contribution in [3.8, 4) is 0 Å². The van der Waals surface area contributed by atoms with Crippen molar-refractivity contribution in [3.05, 3.63) is 58.7 Å². The Morgan fingerprint density at radius 2 is 2.13 bits per heavy atom. The van der Waals surface area contributed by atoms with Crippen molar-refractivity contribution < 1.29 is 9.53 Å². The molecule has 23 heavy (non-hydrogen) atoms. The number of nitrogens with one attached hydrogen (secondary N) is 2. The van der Waals surface area contributed by atoms with Gasteiger partial charge in [-0.3, -0.25) is 4.79 Å². The normalized spacial score (nSPS) is 10.3. The number of halogens is 1. The molecule has 1 aromatic heterocycles. The highest BCUT2D eigenvalue weighted by atomic mass is 35.5. The van der Waals surface area contributed by atoms with Crippen molar-refractivity contribution >= 4 is 23.3 Å². The number of carbonyl (C=O) groups is 1. The highest BCUT2D eigenvalue weighted by molar-refractivity contribution is 6.30. The first-order valence-corrected chi connectivity index (χ1v) is 7.78. The van der Waals surface area contributed by atoms with Crippen LogP contribution in [-0.4, -0.2) is 37.7 Å². The summed E-state index contributed by atoms with van der Waals surface area (Å²) in [5.41, 5.74) is 1.70. The first-order chi connectivity index (χ1) is 11.2. The third-order valence-electron chi connectivity index (χ3n) is 3.23. The lowest BCUT2D eigenvalue weighted by atomic mass is 10.1. The Labute approximate surface area is 141 Å². The molecule has 2 aromatic rings. The smallest absolute Gasteiger partial charge is 0.252 e. The second-order valence-corrected chi connectivity index (χ2v) is 5.42. The summed E-state index contributed by atoms with van der Waals surface area (Å²) in [5.74, 6) is 0.584. The van der Waals surface area contributed by atoms with Gasteiger partial charge in [0.25, 0.3) is 5.91 Å². The van der Waals surface area contributed by atoms with Crippen LogP contribution in [0.4, 0.5) is 5.82 Å². The van der Waals surface area contributed by atoms with Gasteiger partial charge in [-0.25, -0.2) is 4.98 Å². The van der Waals surface area contributed by atoms with Crippen LogP contribution in [0.15, 0.2) is 42.6 Å². The van der Waals surface area contributed by atoms with E-state index in [1.54, 1.807) is 25.4 Å². The fourth-order valence-corrected chi connectivity index (χ4v) is 2.24. The maximum Gasteiger partial charge on any atom is 0.252 e. The van der Waals surface area contributed by atoms with E-state index in [2.05, 4.69) is 15.6 Å². The minimum Gasteiger partial charge on any atom is -0.383 e. The van der Waals surface area contributed by atoms with Gasteiger partial charge in [0, 0.05) is 31.4 Å². The van der Waals surface area contributed by atoms with Crippen LogP contribution in [0.3, 0.4) is 0 Å². The van der Waals surface area contributed by atoms with Gasteiger partial charge in [-0.1, -0.05) is 23.7 Å². The van der Waals surface area contributed by atoms with Crippen LogP contribution in [0.25, 0.3) is 0 Å². The summed E-state index contributed by atoms with van der Waals surface area (Å²) in [6.45, 7) is 1.71. The summed E-state index contributed by atoms with van der Waals surface area (Å²) in [7, 11) is 1.59. The molecular weight excluding hydrogens is 314 g/mol. The van der Waals surface area contributed by atoms with Crippen LogP contribution in [0.2, 0.25) is 5.02 Å². The molecule has 5 nitrogen and oxygen atoms in total. The van der Waals surface area contributed by atoms with E-state index >= 15 is 0 Å². The molecule has 0 radical (unpaired) electrons. The molecule has 0 unspecified atom stereocenters. The Morgan fingerprint density at radius 1 is 1.26 bits per heavy atom. The number of ether oxygens (including phenoxy) is 1. The Hall–Kier alpha value is -2.11. The number of rotatable bonds is 8. The van der Waals surface area contributed by atoms with Gasteiger partial charge in [0.05, 0.1) is 12.2 Å². The average Bonchev–Trinajstić information content (AvgIpc) is 2.56. The number of hydrogen-bond donors (Lipinski definition) is 2. The standard InChI is InChI=1S/C17H20ClN3O2/c1-23-10-9-20-17(22)14-5-6-16(21-12-14)19-8-7-13-3-2-4-15(18)11-13/h2-6,11-12H,7-10H2,1H3,(H,19,21)(H,20,22). The molecule has 6 heteroatoms. The maximum atomic E-state index is 11.8. The molecular formula is C17H20ClN3O2. The zero-order valence-electron chi connectivity index (χ0n) is 13.0. The Bertz CT molecular complexity index is 632. The Morgan fingerprint density at radius 3 is 2.83 bits per heavy atom. The summed E-state index contributed by atoms with van der Waals surface area (Å²) in [6.07, 6.45) is 2.41. The van der Waals surface area contributed by atoms with Gasteiger partial charge < -0.3 is 15.4 Å². The van der Waals surface area contributed by atoms with Crippen LogP contribution in [0.5, 0.6) is 0 Å². The number of carbonyl (C=O) groups excluding carboxylic acids is 1. The fourth-order valence-electron chi connectivity index (χ4n) is 2.03. The van der Waals surface area contributed by atoms with Crippen LogP contribution >= 0.6 is 11.6 Å². The first kappa shape index (κ1) is 17.2. The van der Waals surface area contributed by atoms with E-state index in [0.717, 1.165) is 23.8 Å². The first-order valence-electron chi connectivity index (χ1n) is 7.40. The lowest BCUT2D eigenvalue weighted by Crippen LogP contribution is -2.27. The van der Waals surface area contributed by atoms with Gasteiger partial charge in [0.1, 0.15) is 5.82 Å². The molecule has 1 heterocycles. The Balaban J connectivity index is 1.79. The topological polar surface area (TPSA) is 63.2 Å². The zero-order valence-corrected chi connectivity index (χ0v) is 13.8. The summed E-state index contributed by atoms with van der Waals surface area (Å²) >= 11 is 5.95. The average molecular weight is 334 g/mol. The monoisotopic (exact) mass is 333 g/mol. The van der Waals surface area contributed by atoms with Gasteiger partial charge in [0.2, 0.25) is 0 Å². The predicted octanol–water partition coefficient (Wildman–Crippen LogP) is 2.77. The van der Waals surface area contributed by atoms with Gasteiger partial charge in [-0.2, -0.15) is 0 Å². The molecule has 0 aliphatic carbocycles. The van der Waals surface area contributed by atoms with Crippen LogP contribution in [-0.2, 0) is 11.2 Å². The molecule has 0 atom stereocenters. The Kier molecular flexibility index (Phi) is 6.84. The number of nitrogens with zero attached hydrogens (tertiary/aromatic N) is 1. The third-order valence-corrected chi connectivity index (χ3v) is 3.46. The van der Waals surface area contributed by atoms with E-state index in [-0.39, 0.29) is 5.91 Å². The molecule has 1 amide bonds. The number of amides is 1. The number of benzene rings is 1. The van der Waals surface area contributed by atoms with Crippen molar-refractivity contribution in [2.24, 2.45) is 0 Å². The summed E-state index contributed by atoms with van der Waals surface area (Å²) in [5, 5.41) is 6.72. The van der Waals surface area contributed by atoms with Gasteiger partial charge in [0.15, 0.2) is 0 Å². The molecule has 1 aromatic carbocycles. The highest BCUT2D eigenvalue weighted by Gasteiger charge is 2.05. The summed E-state index contributed by atoms with van der Waals surface area (Å²) in [4.78, 5) is 16.1. The van der Waals surface area contributed by atoms with Crippen molar-refractivity contribution in [3.63, 3.8) is 0 Å². The van der Waals surface area contributed by atoms with Crippen LogP contribution in [0.1, 0.15) is 15.9 Å². The van der Waals surface area contributed by atoms with Crippen LogP contribution in [0, 0.1) is 0 Å². The molecule has 0 aliphatic heterocycles. The van der Waals surface area contributed by atoms with E-state index in [1.807, 2.05) is 24.3 Å². The molecule has 0 saturated heterocycles. The number of aromatic nitrogens is 1. The largest absolute Gasteiger partial charge is 0.383 e. The second kappa shape index (κ2) is 9.12. The number of anilines is 1. The van der Waals surface area contributed by atoms with Crippen molar-refractivity contribution in [2.45, 2.75) is 6.42 Å². The maximum absolute atomic E-state index is 11.8. The van der Waals surface area contributed by atoms with Gasteiger partial charge in [-0.05, 0) is 36.2 Å². The fraction of sp³-hybridized carbons (Fsp3) is 0.294. The number of methoxy groups -OCH3 is 1. The lowest BCUT2D eigenvalue weighted by molar-refractivity contribution is 0.0937. The number of hydrogen-bond acceptors (Lipinski definition) is 4. The zero-order chi connectivity index (χ0) is 16.5. The third kappa shape index (κ3) is 5.88. The molecule has 0 spiro atoms. The lowest BCUT2D eigenvalue weighted by Gasteiger charge is -2.07. The van der Waals surface area contributed by atoms with E-state index in [0.29, 0.717) is 18.7 Å². The highest BCUT2D eigenvalue weighted by Crippen LogP contribution is 2.11. The summed E-state index contributed by atoms with van der Waals surface area (Å²) in [6, 6.07) is 11.3. The summed E-state index contributed by atoms with van der Waals surface area (Å²) < 4.78 is 4.89. The minimum atomic E-state index is -0.153. The minimum absolute atomic E-state index is 0.153.